The van der Waals surface area contributed by atoms with Crippen LogP contribution in [0.5, 0.6) is 0 Å². The smallest absolute Gasteiger partial charge is 0.238 e. The molecule has 1 amide bonds. The van der Waals surface area contributed by atoms with Gasteiger partial charge in [0.15, 0.2) is 0 Å². The topological polar surface area (TPSA) is 32.3 Å². The molecule has 0 radical (unpaired) electrons. The lowest BCUT2D eigenvalue weighted by Crippen LogP contribution is -2.32. The fraction of sp³-hybridized carbons (Fsp3) is 0.353. The van der Waals surface area contributed by atoms with Crippen molar-refractivity contribution in [3.8, 4) is 0 Å². The number of hydrogen-bond acceptors (Lipinski definition) is 3. The molecule has 0 saturated carbocycles. The minimum Gasteiger partial charge on any atom is -0.325 e. The Morgan fingerprint density at radius 2 is 2.10 bits per heavy atom. The maximum absolute atomic E-state index is 12.2. The summed E-state index contributed by atoms with van der Waals surface area (Å²) in [6.45, 7) is 6.57. The van der Waals surface area contributed by atoms with Crippen LogP contribution in [0.1, 0.15) is 29.0 Å². The van der Waals surface area contributed by atoms with Gasteiger partial charge in [0.05, 0.1) is 6.54 Å². The van der Waals surface area contributed by atoms with Crippen molar-refractivity contribution in [1.82, 2.24) is 4.90 Å². The van der Waals surface area contributed by atoms with E-state index in [1.807, 2.05) is 32.2 Å². The van der Waals surface area contributed by atoms with E-state index in [0.29, 0.717) is 6.54 Å². The maximum atomic E-state index is 12.2. The third-order valence-electron chi connectivity index (χ3n) is 3.67. The first-order valence-corrected chi connectivity index (χ1v) is 7.96. The van der Waals surface area contributed by atoms with Crippen LogP contribution in [0, 0.1) is 13.8 Å². The van der Waals surface area contributed by atoms with E-state index >= 15 is 0 Å². The van der Waals surface area contributed by atoms with Crippen LogP contribution in [-0.2, 0) is 4.79 Å². The second-order valence-electron chi connectivity index (χ2n) is 5.47. The molecule has 1 aromatic carbocycles. The SMILES string of the molecule is Cc1ccc(NC(=O)CN(C)C(C)c2cccs2)c(C)c1. The standard InChI is InChI=1S/C17H22N2OS/c1-12-7-8-15(13(2)10-12)18-17(20)11-19(4)14(3)16-6-5-9-21-16/h5-10,14H,11H2,1-4H3,(H,18,20). The normalized spacial score (nSPS) is 12.4. The predicted molar refractivity (Wildman–Crippen MR) is 89.9 cm³/mol. The van der Waals surface area contributed by atoms with Gasteiger partial charge in [-0.05, 0) is 50.9 Å². The van der Waals surface area contributed by atoms with E-state index in [1.165, 1.54) is 10.4 Å². The van der Waals surface area contributed by atoms with Crippen LogP contribution in [0.3, 0.4) is 0 Å². The second-order valence-corrected chi connectivity index (χ2v) is 6.45. The average Bonchev–Trinajstić information content (AvgIpc) is 2.95. The Labute approximate surface area is 130 Å². The zero-order valence-corrected chi connectivity index (χ0v) is 13.8. The molecule has 1 heterocycles. The number of likely N-dealkylation sites (N-methyl/N-ethyl adjacent to an activating group) is 1. The fourth-order valence-corrected chi connectivity index (χ4v) is 3.10. The number of carbonyl (C=O) groups excluding carboxylic acids is 1. The lowest BCUT2D eigenvalue weighted by atomic mass is 10.1. The van der Waals surface area contributed by atoms with E-state index in [-0.39, 0.29) is 11.9 Å². The van der Waals surface area contributed by atoms with Gasteiger partial charge >= 0.3 is 0 Å². The van der Waals surface area contributed by atoms with Gasteiger partial charge in [0.25, 0.3) is 0 Å². The van der Waals surface area contributed by atoms with Gasteiger partial charge in [-0.3, -0.25) is 9.69 Å². The van der Waals surface area contributed by atoms with Crippen LogP contribution in [0.4, 0.5) is 5.69 Å². The highest BCUT2D eigenvalue weighted by atomic mass is 32.1. The number of aryl methyl sites for hydroxylation is 2. The molecule has 0 saturated heterocycles. The third kappa shape index (κ3) is 4.16. The van der Waals surface area contributed by atoms with Crippen LogP contribution in [-0.4, -0.2) is 24.4 Å². The summed E-state index contributed by atoms with van der Waals surface area (Å²) in [4.78, 5) is 15.5. The van der Waals surface area contributed by atoms with Crippen LogP contribution in [0.15, 0.2) is 35.7 Å². The number of amides is 1. The molecular weight excluding hydrogens is 280 g/mol. The van der Waals surface area contributed by atoms with Crippen molar-refractivity contribution in [2.75, 3.05) is 18.9 Å². The highest BCUT2D eigenvalue weighted by Gasteiger charge is 2.16. The summed E-state index contributed by atoms with van der Waals surface area (Å²) in [5.41, 5.74) is 3.19. The van der Waals surface area contributed by atoms with Crippen LogP contribution in [0.25, 0.3) is 0 Å². The van der Waals surface area contributed by atoms with Crippen molar-refractivity contribution in [3.63, 3.8) is 0 Å². The van der Waals surface area contributed by atoms with Gasteiger partial charge in [-0.25, -0.2) is 0 Å². The average molecular weight is 302 g/mol. The van der Waals surface area contributed by atoms with E-state index < -0.39 is 0 Å². The number of nitrogens with one attached hydrogen (secondary N) is 1. The molecule has 0 fully saturated rings. The van der Waals surface area contributed by atoms with Crippen LogP contribution in [0.2, 0.25) is 0 Å². The van der Waals surface area contributed by atoms with Crippen molar-refractivity contribution >= 4 is 22.9 Å². The summed E-state index contributed by atoms with van der Waals surface area (Å²) < 4.78 is 0. The number of benzene rings is 1. The molecule has 1 aromatic heterocycles. The Kier molecular flexibility index (Phi) is 5.15. The van der Waals surface area contributed by atoms with Crippen LogP contribution < -0.4 is 5.32 Å². The lowest BCUT2D eigenvalue weighted by Gasteiger charge is -2.23. The zero-order chi connectivity index (χ0) is 15.4. The Hall–Kier alpha value is -1.65. The van der Waals surface area contributed by atoms with Gasteiger partial charge in [-0.15, -0.1) is 11.3 Å². The van der Waals surface area contributed by atoms with E-state index in [1.54, 1.807) is 11.3 Å². The Morgan fingerprint density at radius 1 is 1.33 bits per heavy atom. The molecule has 4 heteroatoms. The number of anilines is 1. The molecule has 0 spiro atoms. The molecule has 0 aliphatic heterocycles. The molecule has 0 aliphatic rings. The number of rotatable bonds is 5. The van der Waals surface area contributed by atoms with Gasteiger partial charge in [0.2, 0.25) is 5.91 Å². The minimum atomic E-state index is 0.0212. The molecule has 0 bridgehead atoms. The van der Waals surface area contributed by atoms with Gasteiger partial charge in [0.1, 0.15) is 0 Å². The summed E-state index contributed by atoms with van der Waals surface area (Å²) in [6, 6.07) is 10.4. The summed E-state index contributed by atoms with van der Waals surface area (Å²) >= 11 is 1.72. The summed E-state index contributed by atoms with van der Waals surface area (Å²) in [6.07, 6.45) is 0. The second kappa shape index (κ2) is 6.87. The zero-order valence-electron chi connectivity index (χ0n) is 13.0. The van der Waals surface area contributed by atoms with Gasteiger partial charge in [0, 0.05) is 16.6 Å². The summed E-state index contributed by atoms with van der Waals surface area (Å²) in [5.74, 6) is 0.0212. The molecule has 1 N–H and O–H groups in total. The van der Waals surface area contributed by atoms with Crippen molar-refractivity contribution in [2.45, 2.75) is 26.8 Å². The largest absolute Gasteiger partial charge is 0.325 e. The van der Waals surface area contributed by atoms with E-state index in [9.17, 15) is 4.79 Å². The van der Waals surface area contributed by atoms with E-state index in [2.05, 4.69) is 41.6 Å². The number of hydrogen-bond donors (Lipinski definition) is 1. The number of thiophene rings is 1. The molecule has 2 aromatic rings. The monoisotopic (exact) mass is 302 g/mol. The maximum Gasteiger partial charge on any atom is 0.238 e. The predicted octanol–water partition coefficient (Wildman–Crippen LogP) is 4.00. The third-order valence-corrected chi connectivity index (χ3v) is 4.71. The highest BCUT2D eigenvalue weighted by Crippen LogP contribution is 2.23. The summed E-state index contributed by atoms with van der Waals surface area (Å²) in [5, 5.41) is 5.06. The molecule has 112 valence electrons. The number of carbonyl (C=O) groups is 1. The van der Waals surface area contributed by atoms with E-state index in [4.69, 9.17) is 0 Å². The van der Waals surface area contributed by atoms with Crippen molar-refractivity contribution in [2.24, 2.45) is 0 Å². The summed E-state index contributed by atoms with van der Waals surface area (Å²) in [7, 11) is 1.98. The van der Waals surface area contributed by atoms with E-state index in [0.717, 1.165) is 11.3 Å². The Morgan fingerprint density at radius 3 is 2.71 bits per heavy atom. The lowest BCUT2D eigenvalue weighted by molar-refractivity contribution is -0.117. The quantitative estimate of drug-likeness (QED) is 0.905. The van der Waals surface area contributed by atoms with Crippen molar-refractivity contribution in [3.05, 3.63) is 51.7 Å². The van der Waals surface area contributed by atoms with Gasteiger partial charge in [-0.2, -0.15) is 0 Å². The molecule has 1 unspecified atom stereocenters. The first-order chi connectivity index (χ1) is 9.97. The first-order valence-electron chi connectivity index (χ1n) is 7.08. The number of nitrogens with zero attached hydrogens (tertiary/aromatic N) is 1. The molecular formula is C17H22N2OS. The highest BCUT2D eigenvalue weighted by molar-refractivity contribution is 7.10. The molecule has 21 heavy (non-hydrogen) atoms. The van der Waals surface area contributed by atoms with Gasteiger partial charge < -0.3 is 5.32 Å². The molecule has 0 aliphatic carbocycles. The first kappa shape index (κ1) is 15.7. The Bertz CT molecular complexity index is 607. The van der Waals surface area contributed by atoms with Crippen LogP contribution >= 0.6 is 11.3 Å². The van der Waals surface area contributed by atoms with Gasteiger partial charge in [-0.1, -0.05) is 23.8 Å². The fourth-order valence-electron chi connectivity index (χ4n) is 2.25. The molecule has 3 nitrogen and oxygen atoms in total. The van der Waals surface area contributed by atoms with Crippen molar-refractivity contribution in [1.29, 1.82) is 0 Å². The molecule has 2 rings (SSSR count). The van der Waals surface area contributed by atoms with Crippen molar-refractivity contribution < 1.29 is 4.79 Å². The molecule has 1 atom stereocenters. The minimum absolute atomic E-state index is 0.0212. The Balaban J connectivity index is 1.95.